The second-order valence-corrected chi connectivity index (χ2v) is 7.57. The summed E-state index contributed by atoms with van der Waals surface area (Å²) in [5.41, 5.74) is 2.81. The van der Waals surface area contributed by atoms with Gasteiger partial charge in [0.25, 0.3) is 0 Å². The minimum Gasteiger partial charge on any atom is -0.343 e. The predicted molar refractivity (Wildman–Crippen MR) is 108 cm³/mol. The van der Waals surface area contributed by atoms with E-state index in [1.807, 2.05) is 30.3 Å². The van der Waals surface area contributed by atoms with Gasteiger partial charge in [0.15, 0.2) is 5.82 Å². The van der Waals surface area contributed by atoms with Crippen molar-refractivity contribution in [1.82, 2.24) is 15.5 Å². The molecule has 0 saturated heterocycles. The topological polar surface area (TPSA) is 68.0 Å². The van der Waals surface area contributed by atoms with Crippen LogP contribution in [0.3, 0.4) is 0 Å². The van der Waals surface area contributed by atoms with Crippen molar-refractivity contribution in [2.45, 2.75) is 51.0 Å². The third kappa shape index (κ3) is 3.98. The molecule has 0 radical (unpaired) electrons. The minimum absolute atomic E-state index is 0.00295. The van der Waals surface area contributed by atoms with Crippen LogP contribution in [0.4, 0.5) is 0 Å². The highest BCUT2D eigenvalue weighted by Gasteiger charge is 2.39. The molecule has 1 fully saturated rings. The van der Waals surface area contributed by atoms with E-state index in [1.165, 1.54) is 12.0 Å². The van der Waals surface area contributed by atoms with Crippen molar-refractivity contribution in [2.24, 2.45) is 0 Å². The molecule has 1 saturated carbocycles. The van der Waals surface area contributed by atoms with Crippen LogP contribution in [-0.4, -0.2) is 16.0 Å². The molecule has 1 aliphatic rings. The molecular formula is C23H25N3O2. The summed E-state index contributed by atoms with van der Waals surface area (Å²) < 4.78 is 5.19. The Labute approximate surface area is 165 Å². The van der Waals surface area contributed by atoms with Gasteiger partial charge in [0.1, 0.15) is 5.54 Å². The molecule has 3 aromatic rings. The number of aryl methyl sites for hydroxylation is 1. The Morgan fingerprint density at radius 3 is 2.32 bits per heavy atom. The molecule has 0 bridgehead atoms. The number of hydrogen-bond donors (Lipinski definition) is 1. The predicted octanol–water partition coefficient (Wildman–Crippen LogP) is 4.56. The lowest BCUT2D eigenvalue weighted by Gasteiger charge is -2.35. The number of nitrogens with one attached hydrogen (secondary N) is 1. The van der Waals surface area contributed by atoms with Gasteiger partial charge < -0.3 is 9.84 Å². The summed E-state index contributed by atoms with van der Waals surface area (Å²) in [5, 5.41) is 7.35. The molecule has 1 aromatic heterocycles. The van der Waals surface area contributed by atoms with Gasteiger partial charge in [-0.2, -0.15) is 4.98 Å². The van der Waals surface area contributed by atoms with Gasteiger partial charge in [-0.1, -0.05) is 79.0 Å². The van der Waals surface area contributed by atoms with E-state index < -0.39 is 5.54 Å². The van der Waals surface area contributed by atoms with Crippen LogP contribution in [0.15, 0.2) is 59.1 Å². The van der Waals surface area contributed by atoms with Gasteiger partial charge in [0.2, 0.25) is 11.8 Å². The van der Waals surface area contributed by atoms with Crippen molar-refractivity contribution in [3.05, 3.63) is 71.9 Å². The molecular weight excluding hydrogens is 350 g/mol. The van der Waals surface area contributed by atoms with Crippen molar-refractivity contribution in [3.8, 4) is 11.1 Å². The average molecular weight is 375 g/mol. The molecule has 0 aliphatic heterocycles. The first-order valence-electron chi connectivity index (χ1n) is 9.91. The van der Waals surface area contributed by atoms with Crippen LogP contribution < -0.4 is 5.32 Å². The lowest BCUT2D eigenvalue weighted by Crippen LogP contribution is -2.48. The van der Waals surface area contributed by atoms with E-state index in [-0.39, 0.29) is 5.91 Å². The molecule has 1 aliphatic carbocycles. The Morgan fingerprint density at radius 1 is 1.00 bits per heavy atom. The zero-order valence-electron chi connectivity index (χ0n) is 16.1. The number of hydrogen-bond acceptors (Lipinski definition) is 4. The maximum absolute atomic E-state index is 12.8. The molecule has 0 atom stereocenters. The quantitative estimate of drug-likeness (QED) is 0.710. The molecule has 5 nitrogen and oxygen atoms in total. The largest absolute Gasteiger partial charge is 0.343 e. The van der Waals surface area contributed by atoms with Crippen molar-refractivity contribution < 1.29 is 9.32 Å². The van der Waals surface area contributed by atoms with E-state index in [2.05, 4.69) is 39.7 Å². The van der Waals surface area contributed by atoms with E-state index in [0.717, 1.165) is 36.8 Å². The summed E-state index contributed by atoms with van der Waals surface area (Å²) in [6.45, 7) is 1.78. The van der Waals surface area contributed by atoms with Crippen molar-refractivity contribution in [2.75, 3.05) is 0 Å². The molecule has 1 heterocycles. The van der Waals surface area contributed by atoms with Crippen LogP contribution >= 0.6 is 0 Å². The smallest absolute Gasteiger partial charge is 0.225 e. The summed E-state index contributed by atoms with van der Waals surface area (Å²) in [4.78, 5) is 17.2. The molecule has 0 unspecified atom stereocenters. The first kappa shape index (κ1) is 18.4. The minimum atomic E-state index is -0.503. The number of aromatic nitrogens is 2. The fourth-order valence-electron chi connectivity index (χ4n) is 4.00. The third-order valence-electron chi connectivity index (χ3n) is 5.47. The number of benzene rings is 2. The summed E-state index contributed by atoms with van der Waals surface area (Å²) >= 11 is 0. The highest BCUT2D eigenvalue weighted by molar-refractivity contribution is 5.79. The van der Waals surface area contributed by atoms with Gasteiger partial charge >= 0.3 is 0 Å². The number of amides is 1. The third-order valence-corrected chi connectivity index (χ3v) is 5.47. The average Bonchev–Trinajstić information content (AvgIpc) is 3.17. The number of carbonyl (C=O) groups excluding carboxylic acids is 1. The monoisotopic (exact) mass is 375 g/mol. The molecule has 0 spiro atoms. The van der Waals surface area contributed by atoms with Gasteiger partial charge in [-0.25, -0.2) is 0 Å². The highest BCUT2D eigenvalue weighted by atomic mass is 16.5. The molecule has 144 valence electrons. The van der Waals surface area contributed by atoms with Gasteiger partial charge in [-0.05, 0) is 29.5 Å². The maximum Gasteiger partial charge on any atom is 0.225 e. The van der Waals surface area contributed by atoms with Crippen LogP contribution in [0.25, 0.3) is 11.1 Å². The Bertz CT molecular complexity index is 926. The van der Waals surface area contributed by atoms with E-state index in [9.17, 15) is 4.79 Å². The van der Waals surface area contributed by atoms with Crippen LogP contribution in [0, 0.1) is 6.92 Å². The lowest BCUT2D eigenvalue weighted by atomic mass is 9.80. The molecule has 5 heteroatoms. The molecule has 2 aromatic carbocycles. The normalized spacial score (nSPS) is 15.9. The molecule has 1 N–H and O–H groups in total. The van der Waals surface area contributed by atoms with Crippen LogP contribution in [0.1, 0.15) is 49.4 Å². The number of nitrogens with zero attached hydrogens (tertiary/aromatic N) is 2. The second-order valence-electron chi connectivity index (χ2n) is 7.57. The van der Waals surface area contributed by atoms with Crippen LogP contribution in [0.2, 0.25) is 0 Å². The SMILES string of the molecule is Cc1nc(C2(NC(=O)Cc3ccc(-c4ccccc4)cc3)CCCCC2)no1. The fraction of sp³-hybridized carbons (Fsp3) is 0.348. The van der Waals surface area contributed by atoms with Gasteiger partial charge in [-0.15, -0.1) is 0 Å². The van der Waals surface area contributed by atoms with E-state index in [1.54, 1.807) is 6.92 Å². The van der Waals surface area contributed by atoms with Gasteiger partial charge in [0.05, 0.1) is 6.42 Å². The summed E-state index contributed by atoms with van der Waals surface area (Å²) in [7, 11) is 0. The Kier molecular flexibility index (Phi) is 5.24. The fourth-order valence-corrected chi connectivity index (χ4v) is 4.00. The maximum atomic E-state index is 12.8. The highest BCUT2D eigenvalue weighted by Crippen LogP contribution is 2.35. The van der Waals surface area contributed by atoms with Crippen LogP contribution in [-0.2, 0) is 16.8 Å². The first-order chi connectivity index (χ1) is 13.6. The van der Waals surface area contributed by atoms with E-state index in [4.69, 9.17) is 4.52 Å². The molecule has 4 rings (SSSR count). The zero-order valence-corrected chi connectivity index (χ0v) is 16.1. The molecule has 28 heavy (non-hydrogen) atoms. The van der Waals surface area contributed by atoms with Gasteiger partial charge in [-0.3, -0.25) is 4.79 Å². The van der Waals surface area contributed by atoms with Crippen LogP contribution in [0.5, 0.6) is 0 Å². The van der Waals surface area contributed by atoms with Crippen molar-refractivity contribution in [3.63, 3.8) is 0 Å². The summed E-state index contributed by atoms with van der Waals surface area (Å²) in [6, 6.07) is 18.4. The van der Waals surface area contributed by atoms with E-state index in [0.29, 0.717) is 18.1 Å². The lowest BCUT2D eigenvalue weighted by molar-refractivity contribution is -0.123. The van der Waals surface area contributed by atoms with Crippen molar-refractivity contribution in [1.29, 1.82) is 0 Å². The zero-order chi connectivity index (χ0) is 19.4. The summed E-state index contributed by atoms with van der Waals surface area (Å²) in [6.07, 6.45) is 5.33. The number of carbonyl (C=O) groups is 1. The van der Waals surface area contributed by atoms with Gasteiger partial charge in [0, 0.05) is 6.92 Å². The van der Waals surface area contributed by atoms with Crippen molar-refractivity contribution >= 4 is 5.91 Å². The first-order valence-corrected chi connectivity index (χ1v) is 9.91. The molecule has 1 amide bonds. The Balaban J connectivity index is 1.46. The summed E-state index contributed by atoms with van der Waals surface area (Å²) in [5.74, 6) is 1.14. The Hall–Kier alpha value is -2.95. The van der Waals surface area contributed by atoms with E-state index >= 15 is 0 Å². The second kappa shape index (κ2) is 7.97. The standard InChI is InChI=1S/C23H25N3O2/c1-17-24-22(26-28-17)23(14-6-3-7-15-23)25-21(27)16-18-10-12-20(13-11-18)19-8-4-2-5-9-19/h2,4-5,8-13H,3,6-7,14-16H2,1H3,(H,25,27). The Morgan fingerprint density at radius 2 is 1.68 bits per heavy atom. The number of rotatable bonds is 5.